The van der Waals surface area contributed by atoms with E-state index in [1.54, 1.807) is 18.2 Å². The Bertz CT molecular complexity index is 486. The van der Waals surface area contributed by atoms with Crippen LogP contribution in [-0.4, -0.2) is 48.5 Å². The lowest BCUT2D eigenvalue weighted by Crippen LogP contribution is -2.44. The fraction of sp³-hybridized carbons (Fsp3) is 0.462. The molecule has 7 nitrogen and oxygen atoms in total. The number of nitro groups is 1. The van der Waals surface area contributed by atoms with E-state index in [1.807, 2.05) is 0 Å². The summed E-state index contributed by atoms with van der Waals surface area (Å²) in [6.45, 7) is 4.41. The zero-order valence-electron chi connectivity index (χ0n) is 11.2. The van der Waals surface area contributed by atoms with Crippen LogP contribution in [0.25, 0.3) is 0 Å². The van der Waals surface area contributed by atoms with Crippen molar-refractivity contribution in [3.63, 3.8) is 0 Å². The maximum atomic E-state index is 11.9. The molecule has 7 heteroatoms. The largest absolute Gasteiger partial charge is 0.320 e. The highest BCUT2D eigenvalue weighted by Crippen LogP contribution is 2.23. The predicted molar refractivity (Wildman–Crippen MR) is 75.7 cm³/mol. The molecule has 0 spiro atoms. The SMILES string of the molecule is O=C(CCN1CCNCC1)Nc1ccccc1[N+](=O)[O-]. The number of nitrogens with zero attached hydrogens (tertiary/aromatic N) is 2. The van der Waals surface area contributed by atoms with E-state index in [2.05, 4.69) is 15.5 Å². The Kier molecular flexibility index (Phi) is 5.03. The molecule has 2 rings (SSSR count). The highest BCUT2D eigenvalue weighted by atomic mass is 16.6. The molecule has 1 heterocycles. The van der Waals surface area contributed by atoms with Gasteiger partial charge < -0.3 is 15.5 Å². The van der Waals surface area contributed by atoms with Gasteiger partial charge in [0.15, 0.2) is 0 Å². The Morgan fingerprint density at radius 2 is 2.05 bits per heavy atom. The summed E-state index contributed by atoms with van der Waals surface area (Å²) in [5, 5.41) is 16.7. The van der Waals surface area contributed by atoms with Crippen molar-refractivity contribution in [2.45, 2.75) is 6.42 Å². The van der Waals surface area contributed by atoms with Crippen LogP contribution in [0.15, 0.2) is 24.3 Å². The average Bonchev–Trinajstić information content (AvgIpc) is 2.46. The van der Waals surface area contributed by atoms with Gasteiger partial charge in [0.2, 0.25) is 5.91 Å². The molecular formula is C13H18N4O3. The van der Waals surface area contributed by atoms with Crippen molar-refractivity contribution in [2.24, 2.45) is 0 Å². The summed E-state index contributed by atoms with van der Waals surface area (Å²) in [6.07, 6.45) is 0.339. The minimum Gasteiger partial charge on any atom is -0.320 e. The summed E-state index contributed by atoms with van der Waals surface area (Å²) in [5.74, 6) is -0.196. The lowest BCUT2D eigenvalue weighted by molar-refractivity contribution is -0.383. The predicted octanol–water partition coefficient (Wildman–Crippen LogP) is 0.829. The number of rotatable bonds is 5. The summed E-state index contributed by atoms with van der Waals surface area (Å²) in [7, 11) is 0. The van der Waals surface area contributed by atoms with E-state index in [9.17, 15) is 14.9 Å². The molecule has 20 heavy (non-hydrogen) atoms. The van der Waals surface area contributed by atoms with Crippen molar-refractivity contribution in [2.75, 3.05) is 38.0 Å². The molecular weight excluding hydrogens is 260 g/mol. The van der Waals surface area contributed by atoms with Crippen LogP contribution in [0.3, 0.4) is 0 Å². The number of benzene rings is 1. The number of amides is 1. The number of anilines is 1. The van der Waals surface area contributed by atoms with Crippen LogP contribution in [0.4, 0.5) is 11.4 Å². The molecule has 0 bridgehead atoms. The third kappa shape index (κ3) is 4.01. The van der Waals surface area contributed by atoms with Gasteiger partial charge in [-0.25, -0.2) is 0 Å². The zero-order valence-corrected chi connectivity index (χ0v) is 11.2. The first-order chi connectivity index (χ1) is 9.66. The highest BCUT2D eigenvalue weighted by molar-refractivity contribution is 5.93. The van der Waals surface area contributed by atoms with Crippen molar-refractivity contribution in [3.8, 4) is 0 Å². The summed E-state index contributed by atoms with van der Waals surface area (Å²) in [6, 6.07) is 6.17. The molecule has 1 fully saturated rings. The Balaban J connectivity index is 1.86. The standard InChI is InChI=1S/C13H18N4O3/c18-13(5-8-16-9-6-14-7-10-16)15-11-3-1-2-4-12(11)17(19)20/h1-4,14H,5-10H2,(H,15,18). The molecule has 0 aliphatic carbocycles. The maximum absolute atomic E-state index is 11.9. The molecule has 0 radical (unpaired) electrons. The van der Waals surface area contributed by atoms with Gasteiger partial charge in [-0.3, -0.25) is 14.9 Å². The first-order valence-electron chi connectivity index (χ1n) is 6.63. The van der Waals surface area contributed by atoms with Gasteiger partial charge in [-0.05, 0) is 6.07 Å². The van der Waals surface area contributed by atoms with Gasteiger partial charge in [0, 0.05) is 45.2 Å². The summed E-state index contributed by atoms with van der Waals surface area (Å²) < 4.78 is 0. The first kappa shape index (κ1) is 14.4. The molecule has 1 aliphatic rings. The van der Waals surface area contributed by atoms with Crippen LogP contribution < -0.4 is 10.6 Å². The fourth-order valence-corrected chi connectivity index (χ4v) is 2.15. The quantitative estimate of drug-likeness (QED) is 0.615. The fourth-order valence-electron chi connectivity index (χ4n) is 2.15. The van der Waals surface area contributed by atoms with Gasteiger partial charge in [-0.15, -0.1) is 0 Å². The van der Waals surface area contributed by atoms with Crippen molar-refractivity contribution < 1.29 is 9.72 Å². The maximum Gasteiger partial charge on any atom is 0.292 e. The topological polar surface area (TPSA) is 87.5 Å². The molecule has 2 N–H and O–H groups in total. The van der Waals surface area contributed by atoms with Crippen LogP contribution in [-0.2, 0) is 4.79 Å². The number of para-hydroxylation sites is 2. The number of carbonyl (C=O) groups is 1. The molecule has 0 unspecified atom stereocenters. The summed E-state index contributed by atoms with van der Waals surface area (Å²) in [4.78, 5) is 24.4. The van der Waals surface area contributed by atoms with Crippen molar-refractivity contribution >= 4 is 17.3 Å². The molecule has 1 aromatic carbocycles. The van der Waals surface area contributed by atoms with Gasteiger partial charge in [0.1, 0.15) is 5.69 Å². The van der Waals surface area contributed by atoms with Gasteiger partial charge in [0.05, 0.1) is 4.92 Å². The van der Waals surface area contributed by atoms with Crippen molar-refractivity contribution in [3.05, 3.63) is 34.4 Å². The number of hydrogen-bond donors (Lipinski definition) is 2. The van der Waals surface area contributed by atoms with Crippen LogP contribution >= 0.6 is 0 Å². The van der Waals surface area contributed by atoms with Gasteiger partial charge in [-0.2, -0.15) is 0 Å². The van der Waals surface area contributed by atoms with E-state index in [0.717, 1.165) is 26.2 Å². The summed E-state index contributed by atoms with van der Waals surface area (Å²) >= 11 is 0. The van der Waals surface area contributed by atoms with Crippen LogP contribution in [0.5, 0.6) is 0 Å². The highest BCUT2D eigenvalue weighted by Gasteiger charge is 2.16. The monoisotopic (exact) mass is 278 g/mol. The molecule has 0 saturated carbocycles. The third-order valence-electron chi connectivity index (χ3n) is 3.24. The molecule has 1 aliphatic heterocycles. The Labute approximate surface area is 117 Å². The molecule has 1 aromatic rings. The number of nitrogens with one attached hydrogen (secondary N) is 2. The van der Waals surface area contributed by atoms with E-state index < -0.39 is 4.92 Å². The molecule has 0 atom stereocenters. The van der Waals surface area contributed by atoms with Crippen molar-refractivity contribution in [1.29, 1.82) is 0 Å². The number of carbonyl (C=O) groups excluding carboxylic acids is 1. The van der Waals surface area contributed by atoms with Crippen LogP contribution in [0.1, 0.15) is 6.42 Å². The molecule has 108 valence electrons. The summed E-state index contributed by atoms with van der Waals surface area (Å²) in [5.41, 5.74) is 0.172. The Morgan fingerprint density at radius 1 is 1.35 bits per heavy atom. The Morgan fingerprint density at radius 3 is 2.75 bits per heavy atom. The number of hydrogen-bond acceptors (Lipinski definition) is 5. The van der Waals surface area contributed by atoms with Crippen LogP contribution in [0, 0.1) is 10.1 Å². The van der Waals surface area contributed by atoms with E-state index in [-0.39, 0.29) is 17.3 Å². The number of nitro benzene ring substituents is 1. The second-order valence-electron chi connectivity index (χ2n) is 4.66. The Hall–Kier alpha value is -1.99. The second-order valence-corrected chi connectivity index (χ2v) is 4.66. The normalized spacial score (nSPS) is 15.8. The molecule has 1 amide bonds. The van der Waals surface area contributed by atoms with E-state index in [0.29, 0.717) is 13.0 Å². The average molecular weight is 278 g/mol. The molecule has 1 saturated heterocycles. The minimum atomic E-state index is -0.494. The molecule has 0 aromatic heterocycles. The minimum absolute atomic E-state index is 0.0805. The van der Waals surface area contributed by atoms with Crippen LogP contribution in [0.2, 0.25) is 0 Å². The van der Waals surface area contributed by atoms with Gasteiger partial charge in [0.25, 0.3) is 5.69 Å². The van der Waals surface area contributed by atoms with Crippen molar-refractivity contribution in [1.82, 2.24) is 10.2 Å². The van der Waals surface area contributed by atoms with Gasteiger partial charge in [-0.1, -0.05) is 12.1 Å². The van der Waals surface area contributed by atoms with Gasteiger partial charge >= 0.3 is 0 Å². The first-order valence-corrected chi connectivity index (χ1v) is 6.63. The third-order valence-corrected chi connectivity index (χ3v) is 3.24. The zero-order chi connectivity index (χ0) is 14.4. The van der Waals surface area contributed by atoms with E-state index in [1.165, 1.54) is 6.07 Å². The second kappa shape index (κ2) is 6.97. The van der Waals surface area contributed by atoms with E-state index >= 15 is 0 Å². The lowest BCUT2D eigenvalue weighted by atomic mass is 10.2. The number of piperazine rings is 1. The smallest absolute Gasteiger partial charge is 0.292 e. The lowest BCUT2D eigenvalue weighted by Gasteiger charge is -2.26. The van der Waals surface area contributed by atoms with E-state index in [4.69, 9.17) is 0 Å².